The lowest BCUT2D eigenvalue weighted by atomic mass is 10.0. The summed E-state index contributed by atoms with van der Waals surface area (Å²) in [6, 6.07) is 39.1. The van der Waals surface area contributed by atoms with Crippen LogP contribution in [-0.2, 0) is 0 Å². The summed E-state index contributed by atoms with van der Waals surface area (Å²) in [7, 11) is 0. The minimum absolute atomic E-state index is 0.175. The summed E-state index contributed by atoms with van der Waals surface area (Å²) in [6.07, 6.45) is 1.54. The Balaban J connectivity index is 0.000000201. The van der Waals surface area contributed by atoms with Gasteiger partial charge in [0.2, 0.25) is 0 Å². The fourth-order valence-corrected chi connectivity index (χ4v) is 3.81. The van der Waals surface area contributed by atoms with Crippen molar-refractivity contribution in [2.75, 3.05) is 5.32 Å². The average molecular weight is 497 g/mol. The van der Waals surface area contributed by atoms with E-state index in [2.05, 4.69) is 58.8 Å². The zero-order valence-corrected chi connectivity index (χ0v) is 20.2. The van der Waals surface area contributed by atoms with Crippen LogP contribution in [0.3, 0.4) is 0 Å². The Morgan fingerprint density at radius 3 is 1.77 bits per heavy atom. The van der Waals surface area contributed by atoms with Gasteiger partial charge in [-0.3, -0.25) is 4.79 Å². The molecular formula is C30H22Cl2N2O. The summed E-state index contributed by atoms with van der Waals surface area (Å²) in [4.78, 5) is 16.3. The lowest BCUT2D eigenvalue weighted by Crippen LogP contribution is -2.13. The largest absolute Gasteiger partial charge is 0.321 e. The monoisotopic (exact) mass is 496 g/mol. The highest BCUT2D eigenvalue weighted by atomic mass is 35.5. The number of pyridine rings is 1. The Morgan fingerprint density at radius 2 is 1.17 bits per heavy atom. The standard InChI is InChI=1S/C18H12Cl2N2O.C12H10/c19-13-9-7-12(8-10-13)14-4-1-2-6-16(14)22-18(23)15-5-3-11-21-17(15)20;1-3-7-11(8-4-1)12-9-5-2-6-10-12/h1-11H,(H,22,23);1-10H. The smallest absolute Gasteiger partial charge is 0.258 e. The van der Waals surface area contributed by atoms with Crippen molar-refractivity contribution in [2.24, 2.45) is 0 Å². The molecule has 1 amide bonds. The van der Waals surface area contributed by atoms with Crippen molar-refractivity contribution in [3.63, 3.8) is 0 Å². The molecular weight excluding hydrogens is 475 g/mol. The van der Waals surface area contributed by atoms with Crippen LogP contribution in [0.4, 0.5) is 5.69 Å². The van der Waals surface area contributed by atoms with Crippen molar-refractivity contribution < 1.29 is 4.79 Å². The SMILES string of the molecule is O=C(Nc1ccccc1-c1ccc(Cl)cc1)c1cccnc1Cl.c1ccc(-c2ccccc2)cc1. The molecule has 0 aliphatic heterocycles. The van der Waals surface area contributed by atoms with Crippen LogP contribution in [0.2, 0.25) is 10.2 Å². The van der Waals surface area contributed by atoms with E-state index in [0.29, 0.717) is 16.3 Å². The highest BCUT2D eigenvalue weighted by molar-refractivity contribution is 6.33. The highest BCUT2D eigenvalue weighted by Gasteiger charge is 2.13. The summed E-state index contributed by atoms with van der Waals surface area (Å²) in [5.41, 5.74) is 5.44. The topological polar surface area (TPSA) is 42.0 Å². The molecule has 0 saturated carbocycles. The molecule has 0 unspecified atom stereocenters. The molecule has 0 aliphatic carbocycles. The summed E-state index contributed by atoms with van der Waals surface area (Å²) in [5.74, 6) is -0.301. The van der Waals surface area contributed by atoms with Gasteiger partial charge in [0, 0.05) is 22.5 Å². The van der Waals surface area contributed by atoms with E-state index in [1.165, 1.54) is 11.1 Å². The molecule has 0 fully saturated rings. The van der Waals surface area contributed by atoms with Gasteiger partial charge in [0.25, 0.3) is 5.91 Å². The van der Waals surface area contributed by atoms with Crippen LogP contribution in [0.15, 0.2) is 128 Å². The number of nitrogens with one attached hydrogen (secondary N) is 1. The first-order valence-electron chi connectivity index (χ1n) is 11.0. The van der Waals surface area contributed by atoms with Gasteiger partial charge in [-0.15, -0.1) is 0 Å². The predicted molar refractivity (Wildman–Crippen MR) is 146 cm³/mol. The van der Waals surface area contributed by atoms with Crippen molar-refractivity contribution in [3.8, 4) is 22.3 Å². The van der Waals surface area contributed by atoms with Crippen molar-refractivity contribution in [3.05, 3.63) is 143 Å². The highest BCUT2D eigenvalue weighted by Crippen LogP contribution is 2.29. The molecule has 0 saturated heterocycles. The summed E-state index contributed by atoms with van der Waals surface area (Å²) in [6.45, 7) is 0. The van der Waals surface area contributed by atoms with E-state index in [4.69, 9.17) is 23.2 Å². The number of benzene rings is 4. The Bertz CT molecular complexity index is 1350. The fourth-order valence-electron chi connectivity index (χ4n) is 3.48. The van der Waals surface area contributed by atoms with Gasteiger partial charge in [0.1, 0.15) is 5.15 Å². The van der Waals surface area contributed by atoms with E-state index in [1.54, 1.807) is 18.3 Å². The number of nitrogens with zero attached hydrogens (tertiary/aromatic N) is 1. The lowest BCUT2D eigenvalue weighted by Gasteiger charge is -2.12. The van der Waals surface area contributed by atoms with Gasteiger partial charge < -0.3 is 5.32 Å². The average Bonchev–Trinajstić information content (AvgIpc) is 2.91. The number of rotatable bonds is 4. The van der Waals surface area contributed by atoms with Crippen LogP contribution in [0.1, 0.15) is 10.4 Å². The third kappa shape index (κ3) is 6.57. The predicted octanol–water partition coefficient (Wildman–Crippen LogP) is 8.66. The molecule has 0 radical (unpaired) electrons. The van der Waals surface area contributed by atoms with E-state index < -0.39 is 0 Å². The van der Waals surface area contributed by atoms with Gasteiger partial charge >= 0.3 is 0 Å². The Hall–Kier alpha value is -3.92. The third-order valence-electron chi connectivity index (χ3n) is 5.22. The first kappa shape index (κ1) is 24.2. The summed E-state index contributed by atoms with van der Waals surface area (Å²) in [5, 5.41) is 3.72. The molecule has 0 atom stereocenters. The maximum Gasteiger partial charge on any atom is 0.258 e. The molecule has 4 aromatic carbocycles. The Morgan fingerprint density at radius 1 is 0.600 bits per heavy atom. The van der Waals surface area contributed by atoms with Gasteiger partial charge in [0.15, 0.2) is 0 Å². The Kier molecular flexibility index (Phi) is 8.29. The molecule has 1 heterocycles. The molecule has 5 heteroatoms. The molecule has 0 aliphatic rings. The Labute approximate surface area is 215 Å². The van der Waals surface area contributed by atoms with Crippen molar-refractivity contribution in [1.29, 1.82) is 0 Å². The normalized spacial score (nSPS) is 10.1. The molecule has 3 nitrogen and oxygen atoms in total. The summed E-state index contributed by atoms with van der Waals surface area (Å²) < 4.78 is 0. The van der Waals surface area contributed by atoms with Crippen LogP contribution in [0.25, 0.3) is 22.3 Å². The minimum Gasteiger partial charge on any atom is -0.321 e. The van der Waals surface area contributed by atoms with Crippen LogP contribution < -0.4 is 5.32 Å². The number of para-hydroxylation sites is 1. The molecule has 172 valence electrons. The molecule has 5 rings (SSSR count). The minimum atomic E-state index is -0.301. The maximum absolute atomic E-state index is 12.4. The maximum atomic E-state index is 12.4. The van der Waals surface area contributed by atoms with Crippen LogP contribution in [0, 0.1) is 0 Å². The van der Waals surface area contributed by atoms with E-state index in [1.807, 2.05) is 60.7 Å². The molecule has 0 spiro atoms. The van der Waals surface area contributed by atoms with E-state index >= 15 is 0 Å². The molecule has 1 N–H and O–H groups in total. The van der Waals surface area contributed by atoms with Gasteiger partial charge in [-0.25, -0.2) is 4.98 Å². The van der Waals surface area contributed by atoms with Crippen LogP contribution >= 0.6 is 23.2 Å². The zero-order chi connectivity index (χ0) is 24.5. The fraction of sp³-hybridized carbons (Fsp3) is 0. The number of carbonyl (C=O) groups excluding carboxylic acids is 1. The van der Waals surface area contributed by atoms with Crippen molar-refractivity contribution >= 4 is 34.8 Å². The summed E-state index contributed by atoms with van der Waals surface area (Å²) >= 11 is 11.9. The number of hydrogen-bond donors (Lipinski definition) is 1. The second-order valence-electron chi connectivity index (χ2n) is 7.58. The van der Waals surface area contributed by atoms with Crippen molar-refractivity contribution in [1.82, 2.24) is 4.98 Å². The molecule has 1 aromatic heterocycles. The zero-order valence-electron chi connectivity index (χ0n) is 18.7. The lowest BCUT2D eigenvalue weighted by molar-refractivity contribution is 0.102. The van der Waals surface area contributed by atoms with E-state index in [9.17, 15) is 4.79 Å². The van der Waals surface area contributed by atoms with Gasteiger partial charge in [-0.05, 0) is 47.0 Å². The second kappa shape index (κ2) is 12.0. The number of anilines is 1. The molecule has 35 heavy (non-hydrogen) atoms. The number of halogens is 2. The number of carbonyl (C=O) groups is 1. The van der Waals surface area contributed by atoms with Crippen molar-refractivity contribution in [2.45, 2.75) is 0 Å². The quantitative estimate of drug-likeness (QED) is 0.253. The number of amides is 1. The van der Waals surface area contributed by atoms with Gasteiger partial charge in [0.05, 0.1) is 5.56 Å². The first-order chi connectivity index (χ1) is 17.1. The number of aromatic nitrogens is 1. The second-order valence-corrected chi connectivity index (χ2v) is 8.37. The van der Waals surface area contributed by atoms with Gasteiger partial charge in [-0.2, -0.15) is 0 Å². The van der Waals surface area contributed by atoms with Crippen LogP contribution in [-0.4, -0.2) is 10.9 Å². The first-order valence-corrected chi connectivity index (χ1v) is 11.7. The van der Waals surface area contributed by atoms with E-state index in [-0.39, 0.29) is 11.1 Å². The molecule has 5 aromatic rings. The van der Waals surface area contributed by atoms with Crippen LogP contribution in [0.5, 0.6) is 0 Å². The molecule has 0 bridgehead atoms. The number of hydrogen-bond acceptors (Lipinski definition) is 2. The third-order valence-corrected chi connectivity index (χ3v) is 5.77. The van der Waals surface area contributed by atoms with E-state index in [0.717, 1.165) is 11.1 Å². The van der Waals surface area contributed by atoms with Gasteiger partial charge in [-0.1, -0.05) is 114 Å².